The van der Waals surface area contributed by atoms with Gasteiger partial charge in [-0.1, -0.05) is 6.92 Å². The minimum Gasteiger partial charge on any atom is -0.465 e. The lowest BCUT2D eigenvalue weighted by Crippen LogP contribution is -2.28. The fourth-order valence-electron chi connectivity index (χ4n) is 2.30. The smallest absolute Gasteiger partial charge is 0.340 e. The molecule has 0 aromatic heterocycles. The predicted molar refractivity (Wildman–Crippen MR) is 71.9 cm³/mol. The average molecular weight is 298 g/mol. The normalized spacial score (nSPS) is 21.1. The van der Waals surface area contributed by atoms with Gasteiger partial charge in [-0.25, -0.2) is 13.6 Å². The second kappa shape index (κ2) is 6.17. The summed E-state index contributed by atoms with van der Waals surface area (Å²) in [6, 6.07) is 1.50. The second-order valence-electron chi connectivity index (χ2n) is 5.03. The van der Waals surface area contributed by atoms with Crippen molar-refractivity contribution in [3.05, 3.63) is 29.3 Å². The lowest BCUT2D eigenvalue weighted by molar-refractivity contribution is -0.120. The lowest BCUT2D eigenvalue weighted by Gasteiger charge is -2.15. The number of hydrogen-bond acceptors (Lipinski definition) is 4. The Morgan fingerprint density at radius 1 is 1.29 bits per heavy atom. The number of benzene rings is 1. The molecule has 0 saturated carbocycles. The van der Waals surface area contributed by atoms with Gasteiger partial charge < -0.3 is 15.4 Å². The summed E-state index contributed by atoms with van der Waals surface area (Å²) in [4.78, 5) is 23.5. The van der Waals surface area contributed by atoms with Gasteiger partial charge in [-0.3, -0.25) is 4.79 Å². The van der Waals surface area contributed by atoms with E-state index in [0.29, 0.717) is 19.2 Å². The number of anilines is 1. The maximum absolute atomic E-state index is 13.7. The topological polar surface area (TPSA) is 67.4 Å². The third-order valence-corrected chi connectivity index (χ3v) is 3.57. The molecular weight excluding hydrogens is 282 g/mol. The van der Waals surface area contributed by atoms with Gasteiger partial charge in [0, 0.05) is 12.6 Å². The van der Waals surface area contributed by atoms with Crippen molar-refractivity contribution in [1.29, 1.82) is 0 Å². The molecule has 0 unspecified atom stereocenters. The Bertz CT molecular complexity index is 578. The Kier molecular flexibility index (Phi) is 4.52. The van der Waals surface area contributed by atoms with E-state index in [4.69, 9.17) is 0 Å². The largest absolute Gasteiger partial charge is 0.465 e. The van der Waals surface area contributed by atoms with Crippen LogP contribution in [0, 0.1) is 23.5 Å². The van der Waals surface area contributed by atoms with Crippen LogP contribution < -0.4 is 10.6 Å². The van der Waals surface area contributed by atoms with Crippen LogP contribution >= 0.6 is 0 Å². The van der Waals surface area contributed by atoms with E-state index in [1.54, 1.807) is 0 Å². The molecule has 1 aliphatic heterocycles. The third-order valence-electron chi connectivity index (χ3n) is 3.57. The average Bonchev–Trinajstić information content (AvgIpc) is 2.87. The summed E-state index contributed by atoms with van der Waals surface area (Å²) in [5.41, 5.74) is -0.660. The number of carbonyl (C=O) groups excluding carboxylic acids is 2. The van der Waals surface area contributed by atoms with Gasteiger partial charge in [0.25, 0.3) is 0 Å². The molecule has 2 N–H and O–H groups in total. The molecule has 1 heterocycles. The monoisotopic (exact) mass is 298 g/mol. The molecule has 0 radical (unpaired) electrons. The molecule has 1 aromatic carbocycles. The molecule has 2 rings (SSSR count). The van der Waals surface area contributed by atoms with E-state index in [9.17, 15) is 18.4 Å². The van der Waals surface area contributed by atoms with Gasteiger partial charge in [0.1, 0.15) is 11.6 Å². The van der Waals surface area contributed by atoms with Gasteiger partial charge in [0.05, 0.1) is 24.3 Å². The van der Waals surface area contributed by atoms with Crippen LogP contribution in [-0.2, 0) is 9.53 Å². The molecule has 5 nitrogen and oxygen atoms in total. The number of amides is 1. The van der Waals surface area contributed by atoms with Gasteiger partial charge in [-0.2, -0.15) is 0 Å². The van der Waals surface area contributed by atoms with Gasteiger partial charge in [-0.15, -0.1) is 0 Å². The minimum absolute atomic E-state index is 0.119. The van der Waals surface area contributed by atoms with E-state index in [-0.39, 0.29) is 23.4 Å². The highest BCUT2D eigenvalue weighted by Gasteiger charge is 2.30. The zero-order valence-corrected chi connectivity index (χ0v) is 11.7. The summed E-state index contributed by atoms with van der Waals surface area (Å²) >= 11 is 0. The molecule has 2 atom stereocenters. The molecule has 0 spiro atoms. The van der Waals surface area contributed by atoms with Crippen LogP contribution in [-0.4, -0.2) is 32.1 Å². The molecule has 1 amide bonds. The first kappa shape index (κ1) is 15.4. The molecule has 1 fully saturated rings. The first-order valence-electron chi connectivity index (χ1n) is 6.53. The Morgan fingerprint density at radius 2 is 2.00 bits per heavy atom. The van der Waals surface area contributed by atoms with Crippen molar-refractivity contribution in [2.75, 3.05) is 25.5 Å². The highest BCUT2D eigenvalue weighted by Crippen LogP contribution is 2.23. The van der Waals surface area contributed by atoms with E-state index >= 15 is 0 Å². The maximum atomic E-state index is 13.7. The molecule has 0 aliphatic carbocycles. The summed E-state index contributed by atoms with van der Waals surface area (Å²) in [5.74, 6) is -3.45. The van der Waals surface area contributed by atoms with Crippen LogP contribution in [0.5, 0.6) is 0 Å². The number of nitrogens with one attached hydrogen (secondary N) is 2. The van der Waals surface area contributed by atoms with Gasteiger partial charge in [0.15, 0.2) is 0 Å². The van der Waals surface area contributed by atoms with Crippen LogP contribution in [0.4, 0.5) is 14.5 Å². The minimum atomic E-state index is -1.03. The number of carbonyl (C=O) groups is 2. The molecule has 1 aromatic rings. The number of methoxy groups -OCH3 is 1. The van der Waals surface area contributed by atoms with Crippen molar-refractivity contribution in [3.8, 4) is 0 Å². The molecule has 7 heteroatoms. The number of halogens is 2. The molecule has 1 saturated heterocycles. The number of hydrogen-bond donors (Lipinski definition) is 2. The van der Waals surface area contributed by atoms with E-state index in [2.05, 4.69) is 15.4 Å². The summed E-state index contributed by atoms with van der Waals surface area (Å²) in [7, 11) is 1.09. The Labute approximate surface area is 120 Å². The van der Waals surface area contributed by atoms with Crippen molar-refractivity contribution in [1.82, 2.24) is 5.32 Å². The zero-order chi connectivity index (χ0) is 15.6. The first-order valence-corrected chi connectivity index (χ1v) is 6.53. The second-order valence-corrected chi connectivity index (χ2v) is 5.03. The van der Waals surface area contributed by atoms with E-state index in [1.165, 1.54) is 0 Å². The summed E-state index contributed by atoms with van der Waals surface area (Å²) in [5, 5.41) is 5.46. The Morgan fingerprint density at radius 3 is 2.57 bits per heavy atom. The fraction of sp³-hybridized carbons (Fsp3) is 0.429. The molecule has 1 aliphatic rings. The summed E-state index contributed by atoms with van der Waals surface area (Å²) in [6.07, 6.45) is 0. The van der Waals surface area contributed by atoms with E-state index in [1.807, 2.05) is 6.92 Å². The van der Waals surface area contributed by atoms with Crippen molar-refractivity contribution in [2.24, 2.45) is 11.8 Å². The molecule has 0 bridgehead atoms. The Balaban J connectivity index is 2.23. The van der Waals surface area contributed by atoms with Crippen molar-refractivity contribution < 1.29 is 23.1 Å². The van der Waals surface area contributed by atoms with Gasteiger partial charge in [0.2, 0.25) is 5.91 Å². The highest BCUT2D eigenvalue weighted by molar-refractivity contribution is 5.96. The van der Waals surface area contributed by atoms with Crippen LogP contribution in [0.1, 0.15) is 17.3 Å². The van der Waals surface area contributed by atoms with E-state index < -0.39 is 23.2 Å². The quantitative estimate of drug-likeness (QED) is 0.831. The summed E-state index contributed by atoms with van der Waals surface area (Å²) < 4.78 is 31.6. The number of esters is 1. The van der Waals surface area contributed by atoms with Gasteiger partial charge >= 0.3 is 5.97 Å². The standard InChI is InChI=1S/C14H16F2N2O3/c1-7-5-17-6-9(7)13(19)18-12-3-8(14(20)21-2)10(15)4-11(12)16/h3-4,7,9,17H,5-6H2,1-2H3,(H,18,19)/t7-,9-/m1/s1. The van der Waals surface area contributed by atoms with Crippen LogP contribution in [0.2, 0.25) is 0 Å². The number of rotatable bonds is 3. The predicted octanol–water partition coefficient (Wildman–Crippen LogP) is 1.55. The van der Waals surface area contributed by atoms with Crippen molar-refractivity contribution >= 4 is 17.6 Å². The fourth-order valence-corrected chi connectivity index (χ4v) is 2.30. The molecule has 114 valence electrons. The zero-order valence-electron chi connectivity index (χ0n) is 11.7. The van der Waals surface area contributed by atoms with Crippen LogP contribution in [0.15, 0.2) is 12.1 Å². The maximum Gasteiger partial charge on any atom is 0.340 e. The molecular formula is C14H16F2N2O3. The highest BCUT2D eigenvalue weighted by atomic mass is 19.1. The van der Waals surface area contributed by atoms with E-state index in [0.717, 1.165) is 13.2 Å². The van der Waals surface area contributed by atoms with Crippen LogP contribution in [0.25, 0.3) is 0 Å². The Hall–Kier alpha value is -2.02. The SMILES string of the molecule is COC(=O)c1cc(NC(=O)[C@@H]2CNC[C@H]2C)c(F)cc1F. The van der Waals surface area contributed by atoms with Crippen LogP contribution in [0.3, 0.4) is 0 Å². The summed E-state index contributed by atoms with van der Waals surface area (Å²) in [6.45, 7) is 3.11. The van der Waals surface area contributed by atoms with Crippen molar-refractivity contribution in [2.45, 2.75) is 6.92 Å². The third kappa shape index (κ3) is 3.18. The van der Waals surface area contributed by atoms with Crippen molar-refractivity contribution in [3.63, 3.8) is 0 Å². The molecule has 21 heavy (non-hydrogen) atoms. The number of ether oxygens (including phenoxy) is 1. The lowest BCUT2D eigenvalue weighted by atomic mass is 9.97. The first-order chi connectivity index (χ1) is 9.93. The van der Waals surface area contributed by atoms with Gasteiger partial charge in [-0.05, 0) is 18.5 Å².